The fraction of sp³-hybridized carbons (Fsp3) is 0.235. The number of carbonyl (C=O) groups is 1. The summed E-state index contributed by atoms with van der Waals surface area (Å²) < 4.78 is 5.19. The van der Waals surface area contributed by atoms with E-state index in [9.17, 15) is 4.79 Å². The minimum atomic E-state index is -0.173. The van der Waals surface area contributed by atoms with Crippen LogP contribution in [0.2, 0.25) is 0 Å². The van der Waals surface area contributed by atoms with Crippen molar-refractivity contribution in [2.24, 2.45) is 0 Å². The minimum Gasteiger partial charge on any atom is -0.496 e. The highest BCUT2D eigenvalue weighted by Gasteiger charge is 2.12. The average Bonchev–Trinajstić information content (AvgIpc) is 2.49. The SMILES string of the molecule is COc1ccc(N)cc1C(=O)NCCc1ccccc1C. The van der Waals surface area contributed by atoms with Gasteiger partial charge in [0.15, 0.2) is 0 Å². The highest BCUT2D eigenvalue weighted by molar-refractivity contribution is 5.97. The van der Waals surface area contributed by atoms with E-state index in [1.165, 1.54) is 18.2 Å². The van der Waals surface area contributed by atoms with E-state index in [1.807, 2.05) is 12.1 Å². The lowest BCUT2D eigenvalue weighted by molar-refractivity contribution is 0.0951. The fourth-order valence-corrected chi connectivity index (χ4v) is 2.20. The average molecular weight is 284 g/mol. The van der Waals surface area contributed by atoms with Crippen LogP contribution in [-0.4, -0.2) is 19.6 Å². The Kier molecular flexibility index (Phi) is 4.82. The first kappa shape index (κ1) is 14.9. The van der Waals surface area contributed by atoms with Crippen LogP contribution in [0, 0.1) is 6.92 Å². The molecule has 2 aromatic carbocycles. The van der Waals surface area contributed by atoms with Crippen LogP contribution in [0.4, 0.5) is 5.69 Å². The Labute approximate surface area is 124 Å². The summed E-state index contributed by atoms with van der Waals surface area (Å²) in [5.74, 6) is 0.352. The van der Waals surface area contributed by atoms with Gasteiger partial charge in [-0.2, -0.15) is 0 Å². The number of benzene rings is 2. The third kappa shape index (κ3) is 3.75. The Balaban J connectivity index is 1.99. The van der Waals surface area contributed by atoms with Gasteiger partial charge < -0.3 is 15.8 Å². The highest BCUT2D eigenvalue weighted by Crippen LogP contribution is 2.20. The van der Waals surface area contributed by atoms with E-state index in [0.29, 0.717) is 23.5 Å². The molecule has 0 unspecified atom stereocenters. The Morgan fingerprint density at radius 2 is 2.00 bits per heavy atom. The molecule has 0 saturated heterocycles. The third-order valence-electron chi connectivity index (χ3n) is 3.41. The van der Waals surface area contributed by atoms with Gasteiger partial charge in [0.2, 0.25) is 0 Å². The summed E-state index contributed by atoms with van der Waals surface area (Å²) in [6.07, 6.45) is 0.795. The van der Waals surface area contributed by atoms with Crippen LogP contribution in [0.5, 0.6) is 5.75 Å². The molecular weight excluding hydrogens is 264 g/mol. The number of rotatable bonds is 5. The van der Waals surface area contributed by atoms with Gasteiger partial charge in [0.1, 0.15) is 5.75 Å². The van der Waals surface area contributed by atoms with Crippen molar-refractivity contribution >= 4 is 11.6 Å². The number of carbonyl (C=O) groups excluding carboxylic acids is 1. The first-order valence-corrected chi connectivity index (χ1v) is 6.88. The number of hydrogen-bond donors (Lipinski definition) is 2. The van der Waals surface area contributed by atoms with Gasteiger partial charge in [0, 0.05) is 12.2 Å². The summed E-state index contributed by atoms with van der Waals surface area (Å²) in [4.78, 5) is 12.2. The summed E-state index contributed by atoms with van der Waals surface area (Å²) in [5, 5.41) is 2.90. The van der Waals surface area contributed by atoms with Crippen LogP contribution in [-0.2, 0) is 6.42 Å². The standard InChI is InChI=1S/C17H20N2O2/c1-12-5-3-4-6-13(12)9-10-19-17(20)15-11-14(18)7-8-16(15)21-2/h3-8,11H,9-10,18H2,1-2H3,(H,19,20). The molecule has 2 rings (SSSR count). The molecule has 0 fully saturated rings. The molecule has 3 N–H and O–H groups in total. The van der Waals surface area contributed by atoms with Crippen molar-refractivity contribution in [3.8, 4) is 5.75 Å². The molecule has 0 atom stereocenters. The summed E-state index contributed by atoms with van der Waals surface area (Å²) >= 11 is 0. The molecule has 0 spiro atoms. The molecule has 0 aliphatic rings. The van der Waals surface area contributed by atoms with Gasteiger partial charge >= 0.3 is 0 Å². The molecule has 0 aliphatic heterocycles. The number of nitrogens with one attached hydrogen (secondary N) is 1. The molecule has 21 heavy (non-hydrogen) atoms. The Morgan fingerprint density at radius 3 is 2.71 bits per heavy atom. The lowest BCUT2D eigenvalue weighted by Crippen LogP contribution is -2.26. The van der Waals surface area contributed by atoms with Crippen molar-refractivity contribution in [2.45, 2.75) is 13.3 Å². The van der Waals surface area contributed by atoms with Crippen molar-refractivity contribution in [1.29, 1.82) is 0 Å². The number of methoxy groups -OCH3 is 1. The number of amides is 1. The van der Waals surface area contributed by atoms with Crippen molar-refractivity contribution < 1.29 is 9.53 Å². The predicted molar refractivity (Wildman–Crippen MR) is 84.6 cm³/mol. The molecule has 110 valence electrons. The maximum atomic E-state index is 12.2. The van der Waals surface area contributed by atoms with Gasteiger partial charge in [-0.3, -0.25) is 4.79 Å². The maximum absolute atomic E-state index is 12.2. The Hall–Kier alpha value is -2.49. The number of aryl methyl sites for hydroxylation is 1. The predicted octanol–water partition coefficient (Wildman–Crippen LogP) is 2.56. The Bertz CT molecular complexity index is 638. The second kappa shape index (κ2) is 6.79. The van der Waals surface area contributed by atoms with E-state index in [0.717, 1.165) is 6.42 Å². The second-order valence-corrected chi connectivity index (χ2v) is 4.89. The number of nitrogens with two attached hydrogens (primary N) is 1. The quantitative estimate of drug-likeness (QED) is 0.829. The van der Waals surface area contributed by atoms with Crippen molar-refractivity contribution in [3.05, 3.63) is 59.2 Å². The van der Waals surface area contributed by atoms with Crippen LogP contribution in [0.1, 0.15) is 21.5 Å². The van der Waals surface area contributed by atoms with Crippen LogP contribution >= 0.6 is 0 Å². The van der Waals surface area contributed by atoms with E-state index in [2.05, 4.69) is 24.4 Å². The van der Waals surface area contributed by atoms with Gasteiger partial charge in [-0.25, -0.2) is 0 Å². The first-order chi connectivity index (χ1) is 10.1. The van der Waals surface area contributed by atoms with E-state index in [-0.39, 0.29) is 5.91 Å². The molecule has 0 radical (unpaired) electrons. The van der Waals surface area contributed by atoms with Crippen molar-refractivity contribution in [1.82, 2.24) is 5.32 Å². The molecular formula is C17H20N2O2. The Morgan fingerprint density at radius 1 is 1.24 bits per heavy atom. The number of nitrogen functional groups attached to an aromatic ring is 1. The van der Waals surface area contributed by atoms with Crippen LogP contribution in [0.25, 0.3) is 0 Å². The number of anilines is 1. The van der Waals surface area contributed by atoms with E-state index in [4.69, 9.17) is 10.5 Å². The van der Waals surface area contributed by atoms with Crippen molar-refractivity contribution in [3.63, 3.8) is 0 Å². The second-order valence-electron chi connectivity index (χ2n) is 4.89. The van der Waals surface area contributed by atoms with E-state index in [1.54, 1.807) is 18.2 Å². The van der Waals surface area contributed by atoms with Gasteiger partial charge in [-0.05, 0) is 42.7 Å². The molecule has 2 aromatic rings. The van der Waals surface area contributed by atoms with Crippen LogP contribution in [0.3, 0.4) is 0 Å². The molecule has 0 aliphatic carbocycles. The van der Waals surface area contributed by atoms with Gasteiger partial charge in [-0.1, -0.05) is 24.3 Å². The summed E-state index contributed by atoms with van der Waals surface area (Å²) in [6.45, 7) is 2.64. The van der Waals surface area contributed by atoms with Crippen LogP contribution in [0.15, 0.2) is 42.5 Å². The topological polar surface area (TPSA) is 64.3 Å². The third-order valence-corrected chi connectivity index (χ3v) is 3.41. The zero-order valence-corrected chi connectivity index (χ0v) is 12.3. The zero-order valence-electron chi connectivity index (χ0n) is 12.3. The zero-order chi connectivity index (χ0) is 15.2. The van der Waals surface area contributed by atoms with E-state index >= 15 is 0 Å². The lowest BCUT2D eigenvalue weighted by atomic mass is 10.1. The summed E-state index contributed by atoms with van der Waals surface area (Å²) in [7, 11) is 1.54. The minimum absolute atomic E-state index is 0.173. The monoisotopic (exact) mass is 284 g/mol. The molecule has 0 saturated carbocycles. The summed E-state index contributed by atoms with van der Waals surface area (Å²) in [6, 6.07) is 13.2. The summed E-state index contributed by atoms with van der Waals surface area (Å²) in [5.41, 5.74) is 9.19. The fourth-order valence-electron chi connectivity index (χ4n) is 2.20. The molecule has 4 heteroatoms. The van der Waals surface area contributed by atoms with Gasteiger partial charge in [0.05, 0.1) is 12.7 Å². The molecule has 4 nitrogen and oxygen atoms in total. The molecule has 0 bridgehead atoms. The maximum Gasteiger partial charge on any atom is 0.255 e. The lowest BCUT2D eigenvalue weighted by Gasteiger charge is -2.11. The molecule has 0 heterocycles. The van der Waals surface area contributed by atoms with Gasteiger partial charge in [0.25, 0.3) is 5.91 Å². The molecule has 0 aromatic heterocycles. The highest BCUT2D eigenvalue weighted by atomic mass is 16.5. The smallest absolute Gasteiger partial charge is 0.255 e. The van der Waals surface area contributed by atoms with Crippen molar-refractivity contribution in [2.75, 3.05) is 19.4 Å². The van der Waals surface area contributed by atoms with Crippen LogP contribution < -0.4 is 15.8 Å². The number of hydrogen-bond acceptors (Lipinski definition) is 3. The number of ether oxygens (including phenoxy) is 1. The first-order valence-electron chi connectivity index (χ1n) is 6.88. The molecule has 1 amide bonds. The largest absolute Gasteiger partial charge is 0.496 e. The van der Waals surface area contributed by atoms with Gasteiger partial charge in [-0.15, -0.1) is 0 Å². The normalized spacial score (nSPS) is 10.2. The van der Waals surface area contributed by atoms with E-state index < -0.39 is 0 Å².